The van der Waals surface area contributed by atoms with E-state index in [0.29, 0.717) is 37.1 Å². The summed E-state index contributed by atoms with van der Waals surface area (Å²) in [5.41, 5.74) is 2.15. The van der Waals surface area contributed by atoms with E-state index in [9.17, 15) is 14.0 Å². The van der Waals surface area contributed by atoms with Crippen molar-refractivity contribution in [2.75, 3.05) is 13.2 Å². The summed E-state index contributed by atoms with van der Waals surface area (Å²) in [7, 11) is 0. The number of pyridine rings is 1. The van der Waals surface area contributed by atoms with Crippen molar-refractivity contribution >= 4 is 11.9 Å². The van der Waals surface area contributed by atoms with Crippen LogP contribution in [-0.4, -0.2) is 52.7 Å². The Labute approximate surface area is 247 Å². The van der Waals surface area contributed by atoms with Gasteiger partial charge in [-0.3, -0.25) is 9.78 Å². The van der Waals surface area contributed by atoms with Gasteiger partial charge in [-0.05, 0) is 74.4 Å². The third kappa shape index (κ3) is 8.44. The number of morpholine rings is 1. The molecule has 1 aliphatic heterocycles. The smallest absolute Gasteiger partial charge is 0.410 e. The highest BCUT2D eigenvalue weighted by molar-refractivity contribution is 5.82. The second-order valence-corrected chi connectivity index (χ2v) is 11.9. The maximum atomic E-state index is 15.1. The first-order chi connectivity index (χ1) is 20.0. The van der Waals surface area contributed by atoms with Crippen molar-refractivity contribution in [3.63, 3.8) is 0 Å². The van der Waals surface area contributed by atoms with Crippen LogP contribution in [0.5, 0.6) is 0 Å². The molecule has 42 heavy (non-hydrogen) atoms. The van der Waals surface area contributed by atoms with Crippen LogP contribution in [0.15, 0.2) is 67.0 Å². The number of Topliss-reactive ketones (excluding diaryl/α,β-unsaturated/α-hetero) is 1. The molecule has 0 bridgehead atoms. The molecule has 0 aliphatic carbocycles. The summed E-state index contributed by atoms with van der Waals surface area (Å²) in [6.07, 6.45) is 3.79. The van der Waals surface area contributed by atoms with Gasteiger partial charge >= 0.3 is 6.09 Å². The minimum Gasteiger partial charge on any atom is -0.444 e. The number of amides is 1. The lowest BCUT2D eigenvalue weighted by Crippen LogP contribution is -2.53. The first kappa shape index (κ1) is 31.3. The predicted molar refractivity (Wildman–Crippen MR) is 157 cm³/mol. The van der Waals surface area contributed by atoms with Gasteiger partial charge in [0.1, 0.15) is 23.0 Å². The van der Waals surface area contributed by atoms with E-state index in [2.05, 4.69) is 4.98 Å². The lowest BCUT2D eigenvalue weighted by molar-refractivity contribution is -0.118. The van der Waals surface area contributed by atoms with E-state index in [1.54, 1.807) is 23.2 Å². The molecule has 1 saturated heterocycles. The Morgan fingerprint density at radius 1 is 1.05 bits per heavy atom. The molecule has 224 valence electrons. The maximum absolute atomic E-state index is 15.1. The molecule has 0 saturated carbocycles. The number of hydrogen-bond donors (Lipinski definition) is 0. The van der Waals surface area contributed by atoms with Crippen LogP contribution in [0.4, 0.5) is 13.6 Å². The topological polar surface area (TPSA) is 68.7 Å². The van der Waals surface area contributed by atoms with Crippen LogP contribution < -0.4 is 0 Å². The van der Waals surface area contributed by atoms with Crippen molar-refractivity contribution in [1.29, 1.82) is 0 Å². The molecular formula is C34H40F2N2O4. The Kier molecular flexibility index (Phi) is 10.4. The second-order valence-electron chi connectivity index (χ2n) is 11.9. The highest BCUT2D eigenvalue weighted by atomic mass is 19.1. The third-order valence-corrected chi connectivity index (χ3v) is 7.57. The fraction of sp³-hybridized carbons (Fsp3) is 0.441. The van der Waals surface area contributed by atoms with Gasteiger partial charge in [-0.2, -0.15) is 0 Å². The number of hydrogen-bond acceptors (Lipinski definition) is 5. The molecule has 1 aliphatic rings. The van der Waals surface area contributed by atoms with Crippen molar-refractivity contribution < 1.29 is 27.8 Å². The van der Waals surface area contributed by atoms with E-state index < -0.39 is 11.4 Å². The van der Waals surface area contributed by atoms with Gasteiger partial charge in [0, 0.05) is 25.0 Å². The van der Waals surface area contributed by atoms with Crippen LogP contribution in [0, 0.1) is 11.6 Å². The van der Waals surface area contributed by atoms with Gasteiger partial charge < -0.3 is 14.4 Å². The molecular weight excluding hydrogens is 538 g/mol. The largest absolute Gasteiger partial charge is 0.444 e. The zero-order valence-corrected chi connectivity index (χ0v) is 24.8. The number of rotatable bonds is 10. The van der Waals surface area contributed by atoms with Gasteiger partial charge in [0.15, 0.2) is 0 Å². The molecule has 1 amide bonds. The van der Waals surface area contributed by atoms with E-state index in [-0.39, 0.29) is 48.6 Å². The Morgan fingerprint density at radius 2 is 1.74 bits per heavy atom. The van der Waals surface area contributed by atoms with Crippen molar-refractivity contribution in [2.24, 2.45) is 0 Å². The van der Waals surface area contributed by atoms with Crippen molar-refractivity contribution in [3.05, 3.63) is 101 Å². The Balaban J connectivity index is 1.45. The van der Waals surface area contributed by atoms with Crippen LogP contribution >= 0.6 is 0 Å². The average molecular weight is 579 g/mol. The van der Waals surface area contributed by atoms with Crippen LogP contribution in [0.2, 0.25) is 0 Å². The zero-order chi connectivity index (χ0) is 30.3. The minimum absolute atomic E-state index is 0.0259. The number of carbonyl (C=O) groups excluding carboxylic acids is 2. The van der Waals surface area contributed by atoms with E-state index >= 15 is 4.39 Å². The van der Waals surface area contributed by atoms with E-state index in [0.717, 1.165) is 23.7 Å². The van der Waals surface area contributed by atoms with Gasteiger partial charge in [-0.1, -0.05) is 49.4 Å². The number of ketones is 1. The minimum atomic E-state index is -0.610. The van der Waals surface area contributed by atoms with Crippen molar-refractivity contribution in [3.8, 4) is 0 Å². The Hall–Kier alpha value is -3.65. The highest BCUT2D eigenvalue weighted by Gasteiger charge is 2.34. The number of halogens is 2. The fourth-order valence-electron chi connectivity index (χ4n) is 5.38. The zero-order valence-electron chi connectivity index (χ0n) is 24.8. The molecule has 8 heteroatoms. The number of benzene rings is 2. The van der Waals surface area contributed by atoms with Crippen LogP contribution in [-0.2, 0) is 27.1 Å². The summed E-state index contributed by atoms with van der Waals surface area (Å²) in [6.45, 7) is 8.24. The first-order valence-corrected chi connectivity index (χ1v) is 14.6. The summed E-state index contributed by atoms with van der Waals surface area (Å²) < 4.78 is 40.3. The SMILES string of the molecule is CC[C@@H]1CO[C@H](CCc2c(F)cncc2CC(=O)C[C@H](c2ccccc2)c2ccc(F)cc2)CN1C(=O)OC(C)(C)C. The molecule has 2 aromatic carbocycles. The molecule has 2 heterocycles. The number of carbonyl (C=O) groups is 2. The van der Waals surface area contributed by atoms with Crippen molar-refractivity contribution in [2.45, 2.75) is 83.5 Å². The van der Waals surface area contributed by atoms with Gasteiger partial charge in [-0.15, -0.1) is 0 Å². The molecule has 3 aromatic rings. The summed E-state index contributed by atoms with van der Waals surface area (Å²) in [5, 5.41) is 0. The van der Waals surface area contributed by atoms with Gasteiger partial charge in [0.25, 0.3) is 0 Å². The maximum Gasteiger partial charge on any atom is 0.410 e. The normalized spacial score (nSPS) is 18.0. The molecule has 4 rings (SSSR count). The van der Waals surface area contributed by atoms with Crippen LogP contribution in [0.3, 0.4) is 0 Å². The lowest BCUT2D eigenvalue weighted by atomic mass is 9.85. The monoisotopic (exact) mass is 578 g/mol. The predicted octanol–water partition coefficient (Wildman–Crippen LogP) is 7.04. The van der Waals surface area contributed by atoms with Crippen LogP contribution in [0.1, 0.15) is 75.1 Å². The van der Waals surface area contributed by atoms with E-state index in [4.69, 9.17) is 9.47 Å². The average Bonchev–Trinajstić information content (AvgIpc) is 2.95. The number of nitrogens with zero attached hydrogens (tertiary/aromatic N) is 2. The third-order valence-electron chi connectivity index (χ3n) is 7.57. The Morgan fingerprint density at radius 3 is 2.40 bits per heavy atom. The van der Waals surface area contributed by atoms with Gasteiger partial charge in [0.05, 0.1) is 31.5 Å². The highest BCUT2D eigenvalue weighted by Crippen LogP contribution is 2.30. The molecule has 6 nitrogen and oxygen atoms in total. The summed E-state index contributed by atoms with van der Waals surface area (Å²) in [5.74, 6) is -1.14. The van der Waals surface area contributed by atoms with Gasteiger partial charge in [0.2, 0.25) is 0 Å². The fourth-order valence-corrected chi connectivity index (χ4v) is 5.38. The molecule has 1 fully saturated rings. The van der Waals surface area contributed by atoms with Gasteiger partial charge in [-0.25, -0.2) is 13.6 Å². The standard InChI is InChI=1S/C34H40F2N2O4/c1-5-27-22-41-29(21-38(27)33(40)42-34(2,3)4)15-16-30-25(19-37-20-32(30)36)17-28(39)18-31(23-9-7-6-8-10-23)24-11-13-26(35)14-12-24/h6-14,19-20,27,29,31H,5,15-18,21-22H2,1-4H3/t27-,29-,31-/m1/s1. The van der Waals surface area contributed by atoms with E-state index in [1.807, 2.05) is 58.0 Å². The molecule has 3 atom stereocenters. The lowest BCUT2D eigenvalue weighted by Gasteiger charge is -2.40. The van der Waals surface area contributed by atoms with Crippen molar-refractivity contribution in [1.82, 2.24) is 9.88 Å². The number of aromatic nitrogens is 1. The summed E-state index contributed by atoms with van der Waals surface area (Å²) in [4.78, 5) is 32.0. The molecule has 0 N–H and O–H groups in total. The summed E-state index contributed by atoms with van der Waals surface area (Å²) in [6, 6.07) is 15.7. The molecule has 0 spiro atoms. The first-order valence-electron chi connectivity index (χ1n) is 14.6. The summed E-state index contributed by atoms with van der Waals surface area (Å²) >= 11 is 0. The molecule has 0 unspecified atom stereocenters. The van der Waals surface area contributed by atoms with Crippen LogP contribution in [0.25, 0.3) is 0 Å². The number of ether oxygens (including phenoxy) is 2. The second kappa shape index (κ2) is 14.0. The quantitative estimate of drug-likeness (QED) is 0.258. The van der Waals surface area contributed by atoms with E-state index in [1.165, 1.54) is 12.1 Å². The molecule has 0 radical (unpaired) electrons. The molecule has 1 aromatic heterocycles. The Bertz CT molecular complexity index is 1340.